The second-order valence-electron chi connectivity index (χ2n) is 5.86. The quantitative estimate of drug-likeness (QED) is 0.416. The Morgan fingerprint density at radius 3 is 2.52 bits per heavy atom. The molecule has 0 saturated carbocycles. The molecular weight excluding hydrogens is 332 g/mol. The van der Waals surface area contributed by atoms with Crippen LogP contribution < -0.4 is 0 Å². The molecule has 2 aromatic carbocycles. The van der Waals surface area contributed by atoms with Crippen LogP contribution in [-0.2, 0) is 0 Å². The fraction of sp³-hybridized carbons (Fsp3) is 0.200. The van der Waals surface area contributed by atoms with Crippen molar-refractivity contribution in [2.24, 2.45) is 0 Å². The monoisotopic (exact) mass is 350 g/mol. The number of thioether (sulfide) groups is 1. The molecule has 126 valence electrons. The van der Waals surface area contributed by atoms with Crippen molar-refractivity contribution in [2.75, 3.05) is 5.75 Å². The molecular formula is C20H18N2O2S. The molecule has 4 nitrogen and oxygen atoms in total. The fourth-order valence-electron chi connectivity index (χ4n) is 2.75. The molecule has 4 rings (SSSR count). The van der Waals surface area contributed by atoms with Crippen LogP contribution in [0.4, 0.5) is 0 Å². The summed E-state index contributed by atoms with van der Waals surface area (Å²) in [7, 11) is 0. The van der Waals surface area contributed by atoms with Crippen molar-refractivity contribution in [3.8, 4) is 22.6 Å². The molecule has 0 amide bonds. The summed E-state index contributed by atoms with van der Waals surface area (Å²) in [5, 5.41) is 9.05. The Bertz CT molecular complexity index is 1000. The lowest BCUT2D eigenvalue weighted by atomic mass is 10.0. The average Bonchev–Trinajstić information content (AvgIpc) is 3.26. The van der Waals surface area contributed by atoms with Gasteiger partial charge in [-0.1, -0.05) is 19.1 Å². The van der Waals surface area contributed by atoms with Gasteiger partial charge < -0.3 is 8.83 Å². The van der Waals surface area contributed by atoms with Gasteiger partial charge in [-0.05, 0) is 48.1 Å². The lowest BCUT2D eigenvalue weighted by Gasteiger charge is -2.03. The molecule has 0 saturated heterocycles. The van der Waals surface area contributed by atoms with E-state index in [1.807, 2.05) is 36.2 Å². The van der Waals surface area contributed by atoms with Crippen LogP contribution in [0, 0.1) is 6.92 Å². The van der Waals surface area contributed by atoms with Crippen molar-refractivity contribution < 1.29 is 8.83 Å². The van der Waals surface area contributed by atoms with Crippen molar-refractivity contribution >= 4 is 22.7 Å². The number of benzene rings is 2. The molecule has 0 N–H and O–H groups in total. The van der Waals surface area contributed by atoms with E-state index in [1.165, 1.54) is 11.3 Å². The molecule has 0 aliphatic rings. The van der Waals surface area contributed by atoms with Crippen molar-refractivity contribution in [1.29, 1.82) is 0 Å². The predicted molar refractivity (Wildman–Crippen MR) is 101 cm³/mol. The van der Waals surface area contributed by atoms with Gasteiger partial charge in [0.15, 0.2) is 0 Å². The lowest BCUT2D eigenvalue weighted by Crippen LogP contribution is -1.81. The zero-order valence-electron chi connectivity index (χ0n) is 14.2. The molecule has 0 spiro atoms. The first kappa shape index (κ1) is 16.0. The molecule has 0 aliphatic carbocycles. The number of furan rings is 1. The molecule has 4 aromatic rings. The highest BCUT2D eigenvalue weighted by Crippen LogP contribution is 2.34. The van der Waals surface area contributed by atoms with Crippen LogP contribution in [0.25, 0.3) is 33.6 Å². The second-order valence-corrected chi connectivity index (χ2v) is 7.03. The first-order valence-electron chi connectivity index (χ1n) is 8.29. The maximum absolute atomic E-state index is 5.72. The van der Waals surface area contributed by atoms with E-state index in [0.717, 1.165) is 33.4 Å². The fourth-order valence-corrected chi connectivity index (χ4v) is 3.52. The zero-order chi connectivity index (χ0) is 17.2. The molecule has 0 unspecified atom stereocenters. The van der Waals surface area contributed by atoms with Gasteiger partial charge in [0.2, 0.25) is 11.8 Å². The summed E-state index contributed by atoms with van der Waals surface area (Å²) in [5.74, 6) is 2.22. The molecule has 2 aromatic heterocycles. The van der Waals surface area contributed by atoms with Gasteiger partial charge in [-0.2, -0.15) is 0 Å². The van der Waals surface area contributed by atoms with Crippen LogP contribution in [-0.4, -0.2) is 16.0 Å². The minimum Gasteiger partial charge on any atom is -0.464 e. The Hall–Kier alpha value is -2.53. The van der Waals surface area contributed by atoms with E-state index in [-0.39, 0.29) is 0 Å². The standard InChI is InChI=1S/C20H18N2O2S/c1-3-10-25-16-7-4-14(5-8-16)18-12-23-19-9-6-15(11-17(18)19)20-22-21-13(2)24-20/h4-9,11-12H,3,10H2,1-2H3. The summed E-state index contributed by atoms with van der Waals surface area (Å²) in [6, 6.07) is 14.5. The summed E-state index contributed by atoms with van der Waals surface area (Å²) in [6.07, 6.45) is 2.98. The van der Waals surface area contributed by atoms with Crippen molar-refractivity contribution in [3.05, 3.63) is 54.6 Å². The predicted octanol–water partition coefficient (Wildman–Crippen LogP) is 5.96. The maximum atomic E-state index is 5.72. The van der Waals surface area contributed by atoms with E-state index in [4.69, 9.17) is 8.83 Å². The van der Waals surface area contributed by atoms with Crippen LogP contribution in [0.3, 0.4) is 0 Å². The third-order valence-corrected chi connectivity index (χ3v) is 5.20. The van der Waals surface area contributed by atoms with Gasteiger partial charge in [0.05, 0.1) is 6.26 Å². The first-order chi connectivity index (χ1) is 12.2. The van der Waals surface area contributed by atoms with Crippen molar-refractivity contribution in [1.82, 2.24) is 10.2 Å². The smallest absolute Gasteiger partial charge is 0.247 e. The number of rotatable bonds is 5. The molecule has 5 heteroatoms. The molecule has 0 atom stereocenters. The van der Waals surface area contributed by atoms with Gasteiger partial charge in [0, 0.05) is 28.3 Å². The maximum Gasteiger partial charge on any atom is 0.247 e. The topological polar surface area (TPSA) is 52.1 Å². The molecule has 2 heterocycles. The van der Waals surface area contributed by atoms with Gasteiger partial charge in [-0.15, -0.1) is 22.0 Å². The largest absolute Gasteiger partial charge is 0.464 e. The van der Waals surface area contributed by atoms with Crippen LogP contribution in [0.2, 0.25) is 0 Å². The Labute approximate surface area is 150 Å². The first-order valence-corrected chi connectivity index (χ1v) is 9.28. The highest BCUT2D eigenvalue weighted by molar-refractivity contribution is 7.99. The Morgan fingerprint density at radius 2 is 1.80 bits per heavy atom. The van der Waals surface area contributed by atoms with Gasteiger partial charge in [0.1, 0.15) is 5.58 Å². The number of aromatic nitrogens is 2. The number of fused-ring (bicyclic) bond motifs is 1. The van der Waals surface area contributed by atoms with Gasteiger partial charge in [-0.3, -0.25) is 0 Å². The van der Waals surface area contributed by atoms with Crippen molar-refractivity contribution in [2.45, 2.75) is 25.2 Å². The Balaban J connectivity index is 1.72. The summed E-state index contributed by atoms with van der Waals surface area (Å²) in [5.41, 5.74) is 3.95. The van der Waals surface area contributed by atoms with E-state index in [9.17, 15) is 0 Å². The SMILES string of the molecule is CCCSc1ccc(-c2coc3ccc(-c4nnc(C)o4)cc23)cc1. The van der Waals surface area contributed by atoms with E-state index in [0.29, 0.717) is 11.8 Å². The molecule has 0 fully saturated rings. The number of nitrogens with zero attached hydrogens (tertiary/aromatic N) is 2. The summed E-state index contributed by atoms with van der Waals surface area (Å²) < 4.78 is 11.3. The number of hydrogen-bond acceptors (Lipinski definition) is 5. The minimum absolute atomic E-state index is 0.526. The van der Waals surface area contributed by atoms with Crippen LogP contribution in [0.5, 0.6) is 0 Å². The van der Waals surface area contributed by atoms with Crippen LogP contribution in [0.1, 0.15) is 19.2 Å². The molecule has 0 aliphatic heterocycles. The van der Waals surface area contributed by atoms with E-state index in [2.05, 4.69) is 41.4 Å². The molecule has 0 bridgehead atoms. The highest BCUT2D eigenvalue weighted by Gasteiger charge is 2.12. The number of aryl methyl sites for hydroxylation is 1. The molecule has 25 heavy (non-hydrogen) atoms. The minimum atomic E-state index is 0.526. The highest BCUT2D eigenvalue weighted by atomic mass is 32.2. The van der Waals surface area contributed by atoms with Crippen LogP contribution in [0.15, 0.2) is 62.5 Å². The average molecular weight is 350 g/mol. The van der Waals surface area contributed by atoms with Gasteiger partial charge in [0.25, 0.3) is 0 Å². The lowest BCUT2D eigenvalue weighted by molar-refractivity contribution is 0.533. The third kappa shape index (κ3) is 3.20. The van der Waals surface area contributed by atoms with Crippen molar-refractivity contribution in [3.63, 3.8) is 0 Å². The normalized spacial score (nSPS) is 11.3. The Morgan fingerprint density at radius 1 is 1.00 bits per heavy atom. The van der Waals surface area contributed by atoms with Gasteiger partial charge >= 0.3 is 0 Å². The van der Waals surface area contributed by atoms with Crippen LogP contribution >= 0.6 is 11.8 Å². The van der Waals surface area contributed by atoms with Gasteiger partial charge in [-0.25, -0.2) is 0 Å². The van der Waals surface area contributed by atoms with E-state index in [1.54, 1.807) is 6.92 Å². The van der Waals surface area contributed by atoms with E-state index >= 15 is 0 Å². The summed E-state index contributed by atoms with van der Waals surface area (Å²) in [6.45, 7) is 3.98. The molecule has 0 radical (unpaired) electrons. The van der Waals surface area contributed by atoms with E-state index < -0.39 is 0 Å². The zero-order valence-corrected chi connectivity index (χ0v) is 15.0. The third-order valence-electron chi connectivity index (χ3n) is 3.98. The summed E-state index contributed by atoms with van der Waals surface area (Å²) in [4.78, 5) is 1.29. The number of hydrogen-bond donors (Lipinski definition) is 0. The summed E-state index contributed by atoms with van der Waals surface area (Å²) >= 11 is 1.88. The second kappa shape index (κ2) is 6.76. The Kier molecular flexibility index (Phi) is 4.32.